The number of fused-ring (bicyclic) bond motifs is 1. The number of ether oxygens (including phenoxy) is 1. The minimum Gasteiger partial charge on any atom is -0.493 e. The fraction of sp³-hybridized carbons (Fsp3) is 0.333. The van der Waals surface area contributed by atoms with Crippen molar-refractivity contribution in [2.45, 2.75) is 13.0 Å². The first-order valence-corrected chi connectivity index (χ1v) is 11.3. The monoisotopic (exact) mass is 411 g/mol. The Balaban J connectivity index is 1.18. The summed E-state index contributed by atoms with van der Waals surface area (Å²) in [5, 5.41) is 6.90. The number of hydrogen-bond donors (Lipinski definition) is 0. The minimum atomic E-state index is 0.0482. The zero-order valence-electron chi connectivity index (χ0n) is 15.5. The van der Waals surface area contributed by atoms with E-state index in [2.05, 4.69) is 33.5 Å². The number of aromatic nitrogens is 1. The Hall–Kier alpha value is -2.22. The molecule has 0 atom stereocenters. The van der Waals surface area contributed by atoms with Crippen molar-refractivity contribution in [2.75, 3.05) is 32.8 Å². The number of amides is 1. The third kappa shape index (κ3) is 3.57. The Kier molecular flexibility index (Phi) is 4.88. The first-order chi connectivity index (χ1) is 13.8. The fourth-order valence-corrected chi connectivity index (χ4v) is 5.26. The van der Waals surface area contributed by atoms with E-state index >= 15 is 0 Å². The van der Waals surface area contributed by atoms with Gasteiger partial charge in [-0.15, -0.1) is 11.3 Å². The lowest BCUT2D eigenvalue weighted by molar-refractivity contribution is 0.0623. The molecule has 0 N–H and O–H groups in total. The van der Waals surface area contributed by atoms with Gasteiger partial charge in [0.1, 0.15) is 16.5 Å². The van der Waals surface area contributed by atoms with Gasteiger partial charge >= 0.3 is 0 Å². The molecular weight excluding hydrogens is 390 g/mol. The summed E-state index contributed by atoms with van der Waals surface area (Å²) in [5.74, 6) is 1.08. The molecule has 0 aliphatic carbocycles. The summed E-state index contributed by atoms with van der Waals surface area (Å²) in [6.07, 6.45) is 1.01. The Morgan fingerprint density at radius 2 is 2.04 bits per heavy atom. The van der Waals surface area contributed by atoms with Crippen molar-refractivity contribution in [1.29, 1.82) is 0 Å². The number of hydrogen-bond acceptors (Lipinski definition) is 6. The molecule has 2 aromatic heterocycles. The van der Waals surface area contributed by atoms with E-state index in [1.165, 1.54) is 22.5 Å². The summed E-state index contributed by atoms with van der Waals surface area (Å²) < 4.78 is 5.59. The van der Waals surface area contributed by atoms with Crippen LogP contribution in [0, 0.1) is 0 Å². The molecule has 1 fully saturated rings. The summed E-state index contributed by atoms with van der Waals surface area (Å²) in [4.78, 5) is 21.7. The summed E-state index contributed by atoms with van der Waals surface area (Å²) in [6, 6.07) is 8.55. The van der Waals surface area contributed by atoms with E-state index in [1.807, 2.05) is 21.7 Å². The van der Waals surface area contributed by atoms with Crippen LogP contribution in [0.5, 0.6) is 5.75 Å². The molecular formula is C21H21N3O2S2. The van der Waals surface area contributed by atoms with E-state index in [9.17, 15) is 4.79 Å². The van der Waals surface area contributed by atoms with Crippen LogP contribution >= 0.6 is 22.7 Å². The first kappa shape index (κ1) is 17.8. The van der Waals surface area contributed by atoms with Crippen molar-refractivity contribution in [2.24, 2.45) is 0 Å². The molecule has 1 amide bonds. The SMILES string of the molecule is O=C(c1csc(-c2ccsc2)n1)N1CCN(Cc2ccc3c(c2)CCO3)CC1. The second-order valence-electron chi connectivity index (χ2n) is 7.16. The van der Waals surface area contributed by atoms with Crippen LogP contribution < -0.4 is 4.74 Å². The van der Waals surface area contributed by atoms with Gasteiger partial charge in [0.25, 0.3) is 5.91 Å². The highest BCUT2D eigenvalue weighted by Crippen LogP contribution is 2.27. The molecule has 2 aliphatic rings. The maximum absolute atomic E-state index is 12.8. The van der Waals surface area contributed by atoms with Crippen LogP contribution in [0.3, 0.4) is 0 Å². The summed E-state index contributed by atoms with van der Waals surface area (Å²) in [6.45, 7) is 5.00. The minimum absolute atomic E-state index is 0.0482. The quantitative estimate of drug-likeness (QED) is 0.656. The topological polar surface area (TPSA) is 45.7 Å². The fourth-order valence-electron chi connectivity index (χ4n) is 3.76. The molecule has 5 rings (SSSR count). The normalized spacial score (nSPS) is 16.8. The van der Waals surface area contributed by atoms with E-state index in [1.54, 1.807) is 11.3 Å². The molecule has 5 nitrogen and oxygen atoms in total. The van der Waals surface area contributed by atoms with Gasteiger partial charge in [-0.3, -0.25) is 9.69 Å². The summed E-state index contributed by atoms with van der Waals surface area (Å²) >= 11 is 3.19. The predicted molar refractivity (Wildman–Crippen MR) is 112 cm³/mol. The lowest BCUT2D eigenvalue weighted by Gasteiger charge is -2.34. The molecule has 0 spiro atoms. The number of rotatable bonds is 4. The van der Waals surface area contributed by atoms with Crippen molar-refractivity contribution < 1.29 is 9.53 Å². The maximum atomic E-state index is 12.8. The van der Waals surface area contributed by atoms with E-state index < -0.39 is 0 Å². The van der Waals surface area contributed by atoms with Crippen LogP contribution in [-0.4, -0.2) is 53.5 Å². The van der Waals surface area contributed by atoms with Crippen LogP contribution in [0.1, 0.15) is 21.6 Å². The van der Waals surface area contributed by atoms with E-state index in [0.29, 0.717) is 5.69 Å². The van der Waals surface area contributed by atoms with Gasteiger partial charge in [-0.2, -0.15) is 11.3 Å². The van der Waals surface area contributed by atoms with Gasteiger partial charge in [0, 0.05) is 55.5 Å². The van der Waals surface area contributed by atoms with Gasteiger partial charge in [0.2, 0.25) is 0 Å². The number of carbonyl (C=O) groups is 1. The second kappa shape index (κ2) is 7.66. The van der Waals surface area contributed by atoms with Crippen molar-refractivity contribution >= 4 is 28.6 Å². The van der Waals surface area contributed by atoms with Gasteiger partial charge in [-0.1, -0.05) is 12.1 Å². The highest BCUT2D eigenvalue weighted by Gasteiger charge is 2.24. The number of thiazole rings is 1. The van der Waals surface area contributed by atoms with E-state index in [4.69, 9.17) is 4.74 Å². The van der Waals surface area contributed by atoms with Crippen molar-refractivity contribution in [3.63, 3.8) is 0 Å². The number of nitrogens with zero attached hydrogens (tertiary/aromatic N) is 3. The average Bonchev–Trinajstić information content (AvgIpc) is 3.48. The lowest BCUT2D eigenvalue weighted by atomic mass is 10.1. The van der Waals surface area contributed by atoms with Crippen LogP contribution in [0.25, 0.3) is 10.6 Å². The maximum Gasteiger partial charge on any atom is 0.273 e. The highest BCUT2D eigenvalue weighted by molar-refractivity contribution is 7.14. The molecule has 0 saturated carbocycles. The molecule has 1 saturated heterocycles. The third-order valence-corrected chi connectivity index (χ3v) is 6.89. The Labute approximate surface area is 172 Å². The third-order valence-electron chi connectivity index (χ3n) is 5.31. The molecule has 144 valence electrons. The smallest absolute Gasteiger partial charge is 0.273 e. The van der Waals surface area contributed by atoms with Crippen molar-refractivity contribution in [1.82, 2.24) is 14.8 Å². The first-order valence-electron chi connectivity index (χ1n) is 9.50. The van der Waals surface area contributed by atoms with Gasteiger partial charge in [0.05, 0.1) is 6.61 Å². The number of piperazine rings is 1. The number of carbonyl (C=O) groups excluding carboxylic acids is 1. The van der Waals surface area contributed by atoms with Crippen molar-refractivity contribution in [3.05, 3.63) is 57.2 Å². The van der Waals surface area contributed by atoms with Gasteiger partial charge in [-0.25, -0.2) is 4.98 Å². The van der Waals surface area contributed by atoms with Crippen LogP contribution in [-0.2, 0) is 13.0 Å². The van der Waals surface area contributed by atoms with Crippen LogP contribution in [0.15, 0.2) is 40.4 Å². The molecule has 2 aliphatic heterocycles. The zero-order valence-corrected chi connectivity index (χ0v) is 17.1. The number of thiophene rings is 1. The Morgan fingerprint density at radius 1 is 1.14 bits per heavy atom. The summed E-state index contributed by atoms with van der Waals surface area (Å²) in [7, 11) is 0. The molecule has 1 aromatic carbocycles. The average molecular weight is 412 g/mol. The van der Waals surface area contributed by atoms with Crippen LogP contribution in [0.2, 0.25) is 0 Å². The molecule has 3 aromatic rings. The highest BCUT2D eigenvalue weighted by atomic mass is 32.1. The van der Waals surface area contributed by atoms with Gasteiger partial charge in [0.15, 0.2) is 0 Å². The molecule has 0 bridgehead atoms. The molecule has 28 heavy (non-hydrogen) atoms. The standard InChI is InChI=1S/C21H21N3O2S2/c25-21(18-14-28-20(22-18)17-4-10-27-13-17)24-7-5-23(6-8-24)12-15-1-2-19-16(11-15)3-9-26-19/h1-2,4,10-11,13-14H,3,5-9,12H2. The van der Waals surface area contributed by atoms with E-state index in [0.717, 1.165) is 62.1 Å². The van der Waals surface area contributed by atoms with Gasteiger partial charge < -0.3 is 9.64 Å². The summed E-state index contributed by atoms with van der Waals surface area (Å²) in [5.41, 5.74) is 4.30. The van der Waals surface area contributed by atoms with Gasteiger partial charge in [-0.05, 0) is 28.6 Å². The zero-order chi connectivity index (χ0) is 18.9. The molecule has 4 heterocycles. The van der Waals surface area contributed by atoms with E-state index in [-0.39, 0.29) is 5.91 Å². The predicted octanol–water partition coefficient (Wildman–Crippen LogP) is 3.76. The molecule has 0 radical (unpaired) electrons. The van der Waals surface area contributed by atoms with Crippen molar-refractivity contribution in [3.8, 4) is 16.3 Å². The lowest BCUT2D eigenvalue weighted by Crippen LogP contribution is -2.48. The largest absolute Gasteiger partial charge is 0.493 e. The Bertz CT molecular complexity index is 975. The number of benzene rings is 1. The Morgan fingerprint density at radius 3 is 2.86 bits per heavy atom. The second-order valence-corrected chi connectivity index (χ2v) is 8.80. The molecule has 0 unspecified atom stereocenters. The van der Waals surface area contributed by atoms with Crippen LogP contribution in [0.4, 0.5) is 0 Å². The molecule has 7 heteroatoms.